The lowest BCUT2D eigenvalue weighted by Crippen LogP contribution is -2.22. The summed E-state index contributed by atoms with van der Waals surface area (Å²) in [5.74, 6) is 0.820. The predicted molar refractivity (Wildman–Crippen MR) is 94.5 cm³/mol. The van der Waals surface area contributed by atoms with E-state index in [9.17, 15) is 13.2 Å². The van der Waals surface area contributed by atoms with Crippen LogP contribution in [0.2, 0.25) is 0 Å². The van der Waals surface area contributed by atoms with Crippen molar-refractivity contribution >= 4 is 21.6 Å². The molecule has 2 rings (SSSR count). The Morgan fingerprint density at radius 3 is 2.32 bits per heavy atom. The van der Waals surface area contributed by atoms with Gasteiger partial charge in [0.05, 0.1) is 12.0 Å². The molecule has 2 aromatic rings. The van der Waals surface area contributed by atoms with E-state index in [4.69, 9.17) is 9.47 Å². The number of hydrogen-bond acceptors (Lipinski definition) is 5. The number of carbonyl (C=O) groups is 1. The molecule has 0 heterocycles. The van der Waals surface area contributed by atoms with Gasteiger partial charge in [-0.1, -0.05) is 6.07 Å². The van der Waals surface area contributed by atoms with Crippen molar-refractivity contribution in [3.05, 3.63) is 48.0 Å². The molecule has 2 N–H and O–H groups in total. The molecule has 0 spiro atoms. The molecule has 0 fully saturated rings. The van der Waals surface area contributed by atoms with Gasteiger partial charge < -0.3 is 14.8 Å². The van der Waals surface area contributed by atoms with Crippen LogP contribution in [-0.2, 0) is 14.8 Å². The van der Waals surface area contributed by atoms with E-state index in [-0.39, 0.29) is 11.5 Å². The number of aryl methyl sites for hydroxylation is 1. The van der Waals surface area contributed by atoms with Gasteiger partial charge in [0.25, 0.3) is 5.91 Å². The number of amides is 1. The molecule has 1 amide bonds. The second-order valence-electron chi connectivity index (χ2n) is 5.20. The Bertz CT molecular complexity index is 848. The molecule has 2 aromatic carbocycles. The van der Waals surface area contributed by atoms with Crippen LogP contribution in [0.3, 0.4) is 0 Å². The van der Waals surface area contributed by atoms with Crippen LogP contribution in [0.25, 0.3) is 0 Å². The minimum absolute atomic E-state index is 0.115. The zero-order valence-corrected chi connectivity index (χ0v) is 15.0. The van der Waals surface area contributed by atoms with E-state index in [0.717, 1.165) is 0 Å². The van der Waals surface area contributed by atoms with E-state index in [0.29, 0.717) is 22.7 Å². The monoisotopic (exact) mass is 364 g/mol. The zero-order valence-electron chi connectivity index (χ0n) is 14.2. The smallest absolute Gasteiger partial charge is 0.262 e. The van der Waals surface area contributed by atoms with Crippen LogP contribution in [0.15, 0.2) is 47.4 Å². The van der Waals surface area contributed by atoms with Crippen LogP contribution in [0, 0.1) is 6.92 Å². The number of hydrogen-bond donors (Lipinski definition) is 2. The van der Waals surface area contributed by atoms with Crippen molar-refractivity contribution in [3.63, 3.8) is 0 Å². The molecule has 0 saturated heterocycles. The number of benzene rings is 2. The molecule has 134 valence electrons. The molecule has 0 radical (unpaired) electrons. The van der Waals surface area contributed by atoms with E-state index in [1.807, 2.05) is 0 Å². The summed E-state index contributed by atoms with van der Waals surface area (Å²) in [5.41, 5.74) is 0.963. The van der Waals surface area contributed by atoms with Gasteiger partial charge in [0.2, 0.25) is 10.0 Å². The summed E-state index contributed by atoms with van der Waals surface area (Å²) in [6.45, 7) is 1.48. The number of ether oxygens (including phenoxy) is 2. The Morgan fingerprint density at radius 2 is 1.72 bits per heavy atom. The summed E-state index contributed by atoms with van der Waals surface area (Å²) >= 11 is 0. The van der Waals surface area contributed by atoms with Crippen molar-refractivity contribution in [2.24, 2.45) is 0 Å². The maximum absolute atomic E-state index is 12.0. The van der Waals surface area contributed by atoms with Crippen LogP contribution >= 0.6 is 0 Å². The largest absolute Gasteiger partial charge is 0.497 e. The fourth-order valence-corrected chi connectivity index (χ4v) is 3.09. The van der Waals surface area contributed by atoms with Crippen molar-refractivity contribution in [2.45, 2.75) is 11.8 Å². The molecule has 0 aliphatic carbocycles. The van der Waals surface area contributed by atoms with Gasteiger partial charge in [0.1, 0.15) is 11.5 Å². The number of anilines is 1. The maximum atomic E-state index is 12.0. The Hall–Kier alpha value is -2.58. The third-order valence-corrected chi connectivity index (χ3v) is 5.02. The predicted octanol–water partition coefficient (Wildman–Crippen LogP) is 1.93. The van der Waals surface area contributed by atoms with Crippen molar-refractivity contribution in [1.29, 1.82) is 0 Å². The minimum atomic E-state index is -3.59. The number of nitrogens with one attached hydrogen (secondary N) is 2. The fourth-order valence-electron chi connectivity index (χ4n) is 2.10. The minimum Gasteiger partial charge on any atom is -0.497 e. The first-order valence-corrected chi connectivity index (χ1v) is 8.95. The van der Waals surface area contributed by atoms with Crippen LogP contribution in [0.1, 0.15) is 5.56 Å². The lowest BCUT2D eigenvalue weighted by atomic mass is 10.2. The van der Waals surface area contributed by atoms with Gasteiger partial charge in [-0.15, -0.1) is 0 Å². The van der Waals surface area contributed by atoms with Crippen molar-refractivity contribution in [3.8, 4) is 11.5 Å². The van der Waals surface area contributed by atoms with Crippen molar-refractivity contribution in [1.82, 2.24) is 4.72 Å². The first-order valence-electron chi connectivity index (χ1n) is 7.46. The summed E-state index contributed by atoms with van der Waals surface area (Å²) in [4.78, 5) is 12.1. The molecule has 7 nitrogen and oxygen atoms in total. The van der Waals surface area contributed by atoms with Crippen LogP contribution in [-0.4, -0.2) is 35.1 Å². The lowest BCUT2D eigenvalue weighted by Gasteiger charge is -2.11. The van der Waals surface area contributed by atoms with E-state index in [2.05, 4.69) is 10.0 Å². The normalized spacial score (nSPS) is 11.0. The van der Waals surface area contributed by atoms with Crippen LogP contribution in [0.5, 0.6) is 11.5 Å². The highest BCUT2D eigenvalue weighted by Gasteiger charge is 2.15. The third-order valence-electron chi connectivity index (χ3n) is 3.46. The van der Waals surface area contributed by atoms with Gasteiger partial charge in [-0.2, -0.15) is 0 Å². The van der Waals surface area contributed by atoms with E-state index in [1.165, 1.54) is 13.1 Å². The second-order valence-corrected chi connectivity index (χ2v) is 7.06. The molecule has 0 aliphatic heterocycles. The molecule has 0 atom stereocenters. The zero-order chi connectivity index (χ0) is 18.4. The summed E-state index contributed by atoms with van der Waals surface area (Å²) in [6.07, 6.45) is 0. The highest BCUT2D eigenvalue weighted by Crippen LogP contribution is 2.20. The van der Waals surface area contributed by atoms with Gasteiger partial charge >= 0.3 is 0 Å². The first-order chi connectivity index (χ1) is 11.9. The number of carbonyl (C=O) groups excluding carboxylic acids is 1. The fraction of sp³-hybridized carbons (Fsp3) is 0.235. The molecule has 0 unspecified atom stereocenters. The third kappa shape index (κ3) is 4.94. The number of sulfonamides is 1. The highest BCUT2D eigenvalue weighted by molar-refractivity contribution is 7.89. The maximum Gasteiger partial charge on any atom is 0.262 e. The summed E-state index contributed by atoms with van der Waals surface area (Å²) in [7, 11) is -0.695. The van der Waals surface area contributed by atoms with E-state index < -0.39 is 15.9 Å². The standard InChI is InChI=1S/C17H20N2O5S/c1-12-4-5-13(10-16(12)25(21,22)18-2)19-17(20)11-24-15-8-6-14(23-3)7-9-15/h4-10,18H,11H2,1-3H3,(H,19,20). The summed E-state index contributed by atoms with van der Waals surface area (Å²) in [5, 5.41) is 2.62. The molecule has 0 aliphatic rings. The molecule has 8 heteroatoms. The summed E-state index contributed by atoms with van der Waals surface area (Å²) in [6, 6.07) is 11.5. The molecular weight excluding hydrogens is 344 g/mol. The molecule has 0 saturated carbocycles. The second kappa shape index (κ2) is 8.00. The Kier molecular flexibility index (Phi) is 6.00. The SMILES string of the molecule is CNS(=O)(=O)c1cc(NC(=O)COc2ccc(OC)cc2)ccc1C. The Balaban J connectivity index is 2.01. The quantitative estimate of drug-likeness (QED) is 0.783. The summed E-state index contributed by atoms with van der Waals surface area (Å²) < 4.78 is 36.6. The van der Waals surface area contributed by atoms with Crippen LogP contribution < -0.4 is 19.5 Å². The van der Waals surface area contributed by atoms with Gasteiger partial charge in [0, 0.05) is 5.69 Å². The highest BCUT2D eigenvalue weighted by atomic mass is 32.2. The van der Waals surface area contributed by atoms with Crippen molar-refractivity contribution in [2.75, 3.05) is 26.1 Å². The average molecular weight is 364 g/mol. The molecular formula is C17H20N2O5S. The Morgan fingerprint density at radius 1 is 1.08 bits per heavy atom. The Labute approximate surface area is 147 Å². The number of methoxy groups -OCH3 is 1. The van der Waals surface area contributed by atoms with E-state index in [1.54, 1.807) is 50.4 Å². The topological polar surface area (TPSA) is 93.7 Å². The van der Waals surface area contributed by atoms with E-state index >= 15 is 0 Å². The number of rotatable bonds is 7. The molecule has 25 heavy (non-hydrogen) atoms. The van der Waals surface area contributed by atoms with Crippen molar-refractivity contribution < 1.29 is 22.7 Å². The lowest BCUT2D eigenvalue weighted by molar-refractivity contribution is -0.118. The van der Waals surface area contributed by atoms with Gasteiger partial charge in [-0.25, -0.2) is 13.1 Å². The van der Waals surface area contributed by atoms with Gasteiger partial charge in [-0.3, -0.25) is 4.79 Å². The molecule has 0 bridgehead atoms. The average Bonchev–Trinajstić information content (AvgIpc) is 2.62. The van der Waals surface area contributed by atoms with Gasteiger partial charge in [-0.05, 0) is 55.9 Å². The van der Waals surface area contributed by atoms with Gasteiger partial charge in [0.15, 0.2) is 6.61 Å². The molecule has 0 aromatic heterocycles. The van der Waals surface area contributed by atoms with Crippen LogP contribution in [0.4, 0.5) is 5.69 Å². The first kappa shape index (κ1) is 18.8.